The first-order chi connectivity index (χ1) is 14.7. The van der Waals surface area contributed by atoms with Crippen molar-refractivity contribution in [2.45, 2.75) is 30.9 Å². The van der Waals surface area contributed by atoms with Gasteiger partial charge in [-0.1, -0.05) is 12.1 Å². The molecule has 33 heavy (non-hydrogen) atoms. The van der Waals surface area contributed by atoms with E-state index in [4.69, 9.17) is 5.73 Å². The van der Waals surface area contributed by atoms with Crippen LogP contribution in [-0.2, 0) is 23.0 Å². The highest BCUT2D eigenvalue weighted by atomic mass is 35.5. The van der Waals surface area contributed by atoms with E-state index in [1.165, 1.54) is 20.2 Å². The number of aliphatic hydroxyl groups is 1. The second kappa shape index (κ2) is 11.9. The van der Waals surface area contributed by atoms with Crippen LogP contribution in [0.5, 0.6) is 0 Å². The molecule has 1 aromatic carbocycles. The molecule has 3 N–H and O–H groups in total. The Morgan fingerprint density at radius 2 is 1.88 bits per heavy atom. The Bertz CT molecular complexity index is 1210. The maximum absolute atomic E-state index is 14.3. The number of allylic oxidation sites excluding steroid dienone is 1. The molecule has 0 saturated heterocycles. The zero-order valence-electron chi connectivity index (χ0n) is 18.6. The Morgan fingerprint density at radius 3 is 2.42 bits per heavy atom. The lowest BCUT2D eigenvalue weighted by atomic mass is 10.0. The van der Waals surface area contributed by atoms with Crippen LogP contribution in [0.25, 0.3) is 11.0 Å². The number of nitrogens with zero attached hydrogens (tertiary/aromatic N) is 3. The average molecular weight is 519 g/mol. The molecule has 3 aromatic rings. The van der Waals surface area contributed by atoms with Gasteiger partial charge in [-0.05, 0) is 42.8 Å². The lowest BCUT2D eigenvalue weighted by Crippen LogP contribution is -2.22. The SMILES string of the molecule is CC(O)c1c(Cc2ccc(S(=O)(=O)N(C)C)cc2)c2ncccc2n1CC(F)=CCN.Cl.Cl. The highest BCUT2D eigenvalue weighted by molar-refractivity contribution is 7.89. The van der Waals surface area contributed by atoms with Gasteiger partial charge in [0.05, 0.1) is 34.3 Å². The van der Waals surface area contributed by atoms with Crippen LogP contribution in [0.1, 0.15) is 29.8 Å². The van der Waals surface area contributed by atoms with E-state index in [1.54, 1.807) is 48.0 Å². The van der Waals surface area contributed by atoms with Gasteiger partial charge >= 0.3 is 0 Å². The number of aliphatic hydroxyl groups excluding tert-OH is 1. The number of rotatable bonds is 8. The molecule has 182 valence electrons. The molecule has 0 radical (unpaired) electrons. The fraction of sp³-hybridized carbons (Fsp3) is 0.318. The third kappa shape index (κ3) is 6.11. The van der Waals surface area contributed by atoms with Crippen molar-refractivity contribution in [2.75, 3.05) is 20.6 Å². The first kappa shape index (κ1) is 29.0. The number of nitrogens with two attached hydrogens (primary N) is 1. The van der Waals surface area contributed by atoms with E-state index in [-0.39, 0.29) is 42.8 Å². The molecule has 0 aliphatic rings. The Labute approximate surface area is 206 Å². The van der Waals surface area contributed by atoms with E-state index in [2.05, 4.69) is 4.98 Å². The first-order valence-electron chi connectivity index (χ1n) is 9.87. The van der Waals surface area contributed by atoms with Crippen molar-refractivity contribution < 1.29 is 17.9 Å². The predicted octanol–water partition coefficient (Wildman–Crippen LogP) is 3.59. The Hall–Kier alpha value is -2.01. The Kier molecular flexibility index (Phi) is 10.5. The van der Waals surface area contributed by atoms with Crippen LogP contribution >= 0.6 is 24.8 Å². The minimum atomic E-state index is -3.52. The number of halogens is 3. The maximum atomic E-state index is 14.3. The molecule has 0 fully saturated rings. The second-order valence-electron chi connectivity index (χ2n) is 7.49. The minimum Gasteiger partial charge on any atom is -0.387 e. The minimum absolute atomic E-state index is 0. The third-order valence-corrected chi connectivity index (χ3v) is 6.92. The summed E-state index contributed by atoms with van der Waals surface area (Å²) >= 11 is 0. The summed E-state index contributed by atoms with van der Waals surface area (Å²) in [5, 5.41) is 10.5. The summed E-state index contributed by atoms with van der Waals surface area (Å²) in [6.45, 7) is 1.66. The molecule has 1 atom stereocenters. The molecule has 0 bridgehead atoms. The highest BCUT2D eigenvalue weighted by Crippen LogP contribution is 2.32. The lowest BCUT2D eigenvalue weighted by molar-refractivity contribution is 0.189. The molecule has 2 aromatic heterocycles. The molecule has 0 aliphatic carbocycles. The van der Waals surface area contributed by atoms with Crippen molar-refractivity contribution in [3.8, 4) is 0 Å². The van der Waals surface area contributed by atoms with Crippen LogP contribution in [0.4, 0.5) is 4.39 Å². The molecule has 7 nitrogen and oxygen atoms in total. The largest absolute Gasteiger partial charge is 0.387 e. The van der Waals surface area contributed by atoms with Crippen LogP contribution in [-0.4, -0.2) is 48.0 Å². The summed E-state index contributed by atoms with van der Waals surface area (Å²) in [7, 11) is -0.553. The van der Waals surface area contributed by atoms with Crippen molar-refractivity contribution >= 4 is 45.9 Å². The first-order valence-corrected chi connectivity index (χ1v) is 11.3. The van der Waals surface area contributed by atoms with Gasteiger partial charge in [-0.15, -0.1) is 24.8 Å². The number of pyridine rings is 1. The van der Waals surface area contributed by atoms with Crippen molar-refractivity contribution in [3.63, 3.8) is 0 Å². The summed E-state index contributed by atoms with van der Waals surface area (Å²) in [5.74, 6) is -0.394. The van der Waals surface area contributed by atoms with Gasteiger partial charge < -0.3 is 15.4 Å². The maximum Gasteiger partial charge on any atom is 0.242 e. The quantitative estimate of drug-likeness (QED) is 0.474. The Morgan fingerprint density at radius 1 is 1.24 bits per heavy atom. The number of aromatic nitrogens is 2. The van der Waals surface area contributed by atoms with Crippen LogP contribution < -0.4 is 5.73 Å². The molecule has 0 spiro atoms. The van der Waals surface area contributed by atoms with Gasteiger partial charge in [-0.2, -0.15) is 0 Å². The number of hydrogen-bond acceptors (Lipinski definition) is 5. The summed E-state index contributed by atoms with van der Waals surface area (Å²) in [5.41, 5.74) is 9.00. The lowest BCUT2D eigenvalue weighted by Gasteiger charge is -2.14. The highest BCUT2D eigenvalue weighted by Gasteiger charge is 2.23. The molecule has 2 heterocycles. The fourth-order valence-electron chi connectivity index (χ4n) is 3.62. The smallest absolute Gasteiger partial charge is 0.242 e. The van der Waals surface area contributed by atoms with Gasteiger partial charge in [0.1, 0.15) is 5.83 Å². The molecular formula is C22H29Cl2FN4O3S. The van der Waals surface area contributed by atoms with E-state index in [1.807, 2.05) is 6.07 Å². The summed E-state index contributed by atoms with van der Waals surface area (Å²) in [6.07, 6.45) is 2.51. The van der Waals surface area contributed by atoms with Gasteiger partial charge in [-0.3, -0.25) is 4.98 Å². The summed E-state index contributed by atoms with van der Waals surface area (Å²) in [6, 6.07) is 10.2. The zero-order chi connectivity index (χ0) is 22.8. The molecule has 0 aliphatic heterocycles. The summed E-state index contributed by atoms with van der Waals surface area (Å²) in [4.78, 5) is 4.67. The molecular weight excluding hydrogens is 490 g/mol. The molecule has 1 unspecified atom stereocenters. The van der Waals surface area contributed by atoms with Crippen LogP contribution in [0.15, 0.2) is 59.4 Å². The monoisotopic (exact) mass is 518 g/mol. The van der Waals surface area contributed by atoms with Crippen LogP contribution in [0.3, 0.4) is 0 Å². The van der Waals surface area contributed by atoms with E-state index in [0.29, 0.717) is 23.1 Å². The van der Waals surface area contributed by atoms with Crippen LogP contribution in [0, 0.1) is 0 Å². The molecule has 3 rings (SSSR count). The van der Waals surface area contributed by atoms with E-state index in [9.17, 15) is 17.9 Å². The van der Waals surface area contributed by atoms with E-state index >= 15 is 0 Å². The third-order valence-electron chi connectivity index (χ3n) is 5.09. The van der Waals surface area contributed by atoms with Crippen molar-refractivity contribution in [3.05, 3.63) is 71.3 Å². The topological polar surface area (TPSA) is 101 Å². The normalized spacial score (nSPS) is 13.0. The average Bonchev–Trinajstić information content (AvgIpc) is 3.02. The fourth-order valence-corrected chi connectivity index (χ4v) is 4.52. The van der Waals surface area contributed by atoms with Gasteiger partial charge in [0.25, 0.3) is 0 Å². The number of fused-ring (bicyclic) bond motifs is 1. The zero-order valence-corrected chi connectivity index (χ0v) is 21.1. The number of benzene rings is 1. The van der Waals surface area contributed by atoms with Gasteiger partial charge in [0.15, 0.2) is 0 Å². The van der Waals surface area contributed by atoms with Gasteiger partial charge in [0.2, 0.25) is 10.0 Å². The second-order valence-corrected chi connectivity index (χ2v) is 9.64. The molecule has 0 amide bonds. The molecule has 11 heteroatoms. The van der Waals surface area contributed by atoms with Gasteiger partial charge in [0, 0.05) is 38.8 Å². The van der Waals surface area contributed by atoms with Crippen molar-refractivity contribution in [2.24, 2.45) is 5.73 Å². The predicted molar refractivity (Wildman–Crippen MR) is 133 cm³/mol. The Balaban J connectivity index is 0.00000272. The number of hydrogen-bond donors (Lipinski definition) is 2. The van der Waals surface area contributed by atoms with Gasteiger partial charge in [-0.25, -0.2) is 17.1 Å². The number of sulfonamides is 1. The van der Waals surface area contributed by atoms with E-state index in [0.717, 1.165) is 15.4 Å². The summed E-state index contributed by atoms with van der Waals surface area (Å²) < 4.78 is 41.8. The van der Waals surface area contributed by atoms with E-state index < -0.39 is 22.0 Å². The van der Waals surface area contributed by atoms with Crippen molar-refractivity contribution in [1.82, 2.24) is 13.9 Å². The molecule has 0 saturated carbocycles. The standard InChI is InChI=1S/C22H27FN4O3S.2ClH/c1-15(28)22-19(13-16-6-8-18(9-7-16)31(29,30)26(2)3)21-20(5-4-12-25-21)27(22)14-17(23)10-11-24;;/h4-10,12,15,28H,11,13-14,24H2,1-3H3;2*1H. The van der Waals surface area contributed by atoms with Crippen LogP contribution in [0.2, 0.25) is 0 Å². The van der Waals surface area contributed by atoms with Crippen molar-refractivity contribution in [1.29, 1.82) is 0 Å².